The average molecular weight is 158 g/mol. The van der Waals surface area contributed by atoms with Crippen LogP contribution in [0.4, 0.5) is 0 Å². The molecule has 0 aromatic carbocycles. The molecule has 0 aromatic heterocycles. The Morgan fingerprint density at radius 1 is 1.45 bits per heavy atom. The first-order valence-electron chi connectivity index (χ1n) is 4.12. The molecule has 1 aliphatic heterocycles. The highest BCUT2D eigenvalue weighted by atomic mass is 15.3. The van der Waals surface area contributed by atoms with Crippen molar-refractivity contribution in [3.05, 3.63) is 0 Å². The Morgan fingerprint density at radius 2 is 2.09 bits per heavy atom. The van der Waals surface area contributed by atoms with Crippen LogP contribution in [0.5, 0.6) is 0 Å². The Hall–Kier alpha value is -0.160. The second kappa shape index (κ2) is 3.49. The molecule has 3 atom stereocenters. The van der Waals surface area contributed by atoms with Gasteiger partial charge in [-0.15, -0.1) is 0 Å². The lowest BCUT2D eigenvalue weighted by Gasteiger charge is -2.21. The highest BCUT2D eigenvalue weighted by Crippen LogP contribution is 2.18. The molecule has 0 radical (unpaired) electrons. The quantitative estimate of drug-likeness (QED) is 0.457. The molecule has 0 spiro atoms. The first-order chi connectivity index (χ1) is 5.16. The van der Waals surface area contributed by atoms with Crippen LogP contribution >= 0.6 is 0 Å². The molecule has 66 valence electrons. The average Bonchev–Trinajstić information content (AvgIpc) is 2.19. The Bertz CT molecular complexity index is 128. The molecular formula is C7H18N4. The highest BCUT2D eigenvalue weighted by Gasteiger charge is 2.33. The number of hydrogen-bond donors (Lipinski definition) is 3. The zero-order valence-electron chi connectivity index (χ0n) is 7.03. The van der Waals surface area contributed by atoms with Crippen LogP contribution in [-0.2, 0) is 0 Å². The van der Waals surface area contributed by atoms with Crippen LogP contribution in [0.15, 0.2) is 0 Å². The van der Waals surface area contributed by atoms with E-state index in [0.717, 1.165) is 13.1 Å². The second-order valence-corrected chi connectivity index (χ2v) is 3.30. The standard InChI is InChI=1S/C7H18N4/c1-5-6(9)4-11(3-2-8)7(5)10/h5-7H,2-4,8-10H2,1H3. The van der Waals surface area contributed by atoms with Crippen LogP contribution in [0.1, 0.15) is 6.92 Å². The summed E-state index contributed by atoms with van der Waals surface area (Å²) in [6.45, 7) is 4.50. The minimum Gasteiger partial charge on any atom is -0.329 e. The highest BCUT2D eigenvalue weighted by molar-refractivity contribution is 4.89. The summed E-state index contributed by atoms with van der Waals surface area (Å²) in [4.78, 5) is 2.15. The monoisotopic (exact) mass is 158 g/mol. The molecule has 1 heterocycles. The van der Waals surface area contributed by atoms with Gasteiger partial charge in [-0.2, -0.15) is 0 Å². The number of rotatable bonds is 2. The van der Waals surface area contributed by atoms with Crippen LogP contribution in [0, 0.1) is 5.92 Å². The molecule has 3 unspecified atom stereocenters. The van der Waals surface area contributed by atoms with E-state index in [1.165, 1.54) is 0 Å². The van der Waals surface area contributed by atoms with Crippen LogP contribution < -0.4 is 17.2 Å². The summed E-state index contributed by atoms with van der Waals surface area (Å²) >= 11 is 0. The molecule has 0 saturated carbocycles. The van der Waals surface area contributed by atoms with Crippen molar-refractivity contribution in [3.8, 4) is 0 Å². The minimum absolute atomic E-state index is 0.105. The fraction of sp³-hybridized carbons (Fsp3) is 1.00. The fourth-order valence-corrected chi connectivity index (χ4v) is 1.55. The van der Waals surface area contributed by atoms with Gasteiger partial charge in [0.05, 0.1) is 6.17 Å². The third-order valence-corrected chi connectivity index (χ3v) is 2.50. The summed E-state index contributed by atoms with van der Waals surface area (Å²) in [6, 6.07) is 0.219. The van der Waals surface area contributed by atoms with E-state index >= 15 is 0 Å². The molecule has 0 bridgehead atoms. The molecule has 1 rings (SSSR count). The molecule has 11 heavy (non-hydrogen) atoms. The Morgan fingerprint density at radius 3 is 2.45 bits per heavy atom. The van der Waals surface area contributed by atoms with E-state index in [2.05, 4.69) is 11.8 Å². The van der Waals surface area contributed by atoms with Gasteiger partial charge in [0, 0.05) is 31.6 Å². The van der Waals surface area contributed by atoms with Gasteiger partial charge in [-0.1, -0.05) is 6.92 Å². The van der Waals surface area contributed by atoms with E-state index in [1.54, 1.807) is 0 Å². The van der Waals surface area contributed by atoms with Crippen molar-refractivity contribution in [1.29, 1.82) is 0 Å². The topological polar surface area (TPSA) is 81.3 Å². The van der Waals surface area contributed by atoms with E-state index in [4.69, 9.17) is 17.2 Å². The lowest BCUT2D eigenvalue weighted by atomic mass is 10.1. The van der Waals surface area contributed by atoms with Crippen molar-refractivity contribution in [2.24, 2.45) is 23.1 Å². The van der Waals surface area contributed by atoms with Crippen molar-refractivity contribution < 1.29 is 0 Å². The SMILES string of the molecule is CC1C(N)CN(CCN)C1N. The van der Waals surface area contributed by atoms with Crippen LogP contribution in [0.2, 0.25) is 0 Å². The zero-order chi connectivity index (χ0) is 8.43. The maximum atomic E-state index is 5.89. The summed E-state index contributed by atoms with van der Waals surface area (Å²) < 4.78 is 0. The van der Waals surface area contributed by atoms with Crippen LogP contribution in [0.25, 0.3) is 0 Å². The number of likely N-dealkylation sites (tertiary alicyclic amines) is 1. The summed E-state index contributed by atoms with van der Waals surface area (Å²) in [7, 11) is 0. The van der Waals surface area contributed by atoms with E-state index < -0.39 is 0 Å². The van der Waals surface area contributed by atoms with E-state index in [1.807, 2.05) is 0 Å². The first-order valence-corrected chi connectivity index (χ1v) is 4.12. The lowest BCUT2D eigenvalue weighted by molar-refractivity contribution is 0.243. The van der Waals surface area contributed by atoms with Gasteiger partial charge in [0.15, 0.2) is 0 Å². The summed E-state index contributed by atoms with van der Waals surface area (Å²) in [5.41, 5.74) is 17.1. The maximum absolute atomic E-state index is 5.89. The number of hydrogen-bond acceptors (Lipinski definition) is 4. The van der Waals surface area contributed by atoms with Crippen molar-refractivity contribution in [3.63, 3.8) is 0 Å². The van der Waals surface area contributed by atoms with Gasteiger partial charge in [-0.3, -0.25) is 4.90 Å². The third kappa shape index (κ3) is 1.70. The molecule has 0 amide bonds. The molecule has 6 N–H and O–H groups in total. The fourth-order valence-electron chi connectivity index (χ4n) is 1.55. The van der Waals surface area contributed by atoms with Crippen LogP contribution in [-0.4, -0.2) is 36.7 Å². The van der Waals surface area contributed by atoms with E-state index in [-0.39, 0.29) is 12.2 Å². The molecule has 4 heteroatoms. The van der Waals surface area contributed by atoms with Crippen LogP contribution in [0.3, 0.4) is 0 Å². The summed E-state index contributed by atoms with van der Waals surface area (Å²) in [6.07, 6.45) is 0.105. The van der Waals surface area contributed by atoms with E-state index in [0.29, 0.717) is 12.5 Å². The Balaban J connectivity index is 2.45. The van der Waals surface area contributed by atoms with Gasteiger partial charge in [0.25, 0.3) is 0 Å². The predicted octanol–water partition coefficient (Wildman–Crippen LogP) is -1.49. The summed E-state index contributed by atoms with van der Waals surface area (Å²) in [5, 5.41) is 0. The second-order valence-electron chi connectivity index (χ2n) is 3.30. The van der Waals surface area contributed by atoms with E-state index in [9.17, 15) is 0 Å². The molecule has 1 fully saturated rings. The molecule has 0 aromatic rings. The first kappa shape index (κ1) is 8.93. The molecular weight excluding hydrogens is 140 g/mol. The van der Waals surface area contributed by atoms with Gasteiger partial charge in [0.2, 0.25) is 0 Å². The van der Waals surface area contributed by atoms with Gasteiger partial charge in [-0.25, -0.2) is 0 Å². The van der Waals surface area contributed by atoms with Crippen molar-refractivity contribution >= 4 is 0 Å². The largest absolute Gasteiger partial charge is 0.329 e. The predicted molar refractivity (Wildman–Crippen MR) is 45.7 cm³/mol. The van der Waals surface area contributed by atoms with Gasteiger partial charge < -0.3 is 17.2 Å². The minimum atomic E-state index is 0.105. The smallest absolute Gasteiger partial charge is 0.0614 e. The number of nitrogens with zero attached hydrogens (tertiary/aromatic N) is 1. The normalized spacial score (nSPS) is 39.8. The van der Waals surface area contributed by atoms with Gasteiger partial charge >= 0.3 is 0 Å². The number of nitrogens with two attached hydrogens (primary N) is 3. The Kier molecular flexibility index (Phi) is 2.84. The van der Waals surface area contributed by atoms with Crippen molar-refractivity contribution in [2.45, 2.75) is 19.1 Å². The molecule has 1 aliphatic rings. The zero-order valence-corrected chi connectivity index (χ0v) is 7.03. The third-order valence-electron chi connectivity index (χ3n) is 2.50. The van der Waals surface area contributed by atoms with Crippen molar-refractivity contribution in [1.82, 2.24) is 4.90 Å². The maximum Gasteiger partial charge on any atom is 0.0614 e. The van der Waals surface area contributed by atoms with Gasteiger partial charge in [-0.05, 0) is 0 Å². The van der Waals surface area contributed by atoms with Gasteiger partial charge in [0.1, 0.15) is 0 Å². The van der Waals surface area contributed by atoms with Crippen molar-refractivity contribution in [2.75, 3.05) is 19.6 Å². The molecule has 1 saturated heterocycles. The lowest BCUT2D eigenvalue weighted by Crippen LogP contribution is -2.42. The molecule has 4 nitrogen and oxygen atoms in total. The Labute approximate surface area is 67.7 Å². The molecule has 0 aliphatic carbocycles. The summed E-state index contributed by atoms with van der Waals surface area (Å²) in [5.74, 6) is 0.390.